The zero-order chi connectivity index (χ0) is 33.4. The number of nitrogens with zero attached hydrogens (tertiary/aromatic N) is 3. The molecular weight excluding hydrogens is 665 g/mol. The number of carbonyl (C=O) groups excluding carboxylic acids is 2. The molecular formula is C28H21Cl2F8N3O4. The second-order valence-corrected chi connectivity index (χ2v) is 11.2. The van der Waals surface area contributed by atoms with E-state index in [4.69, 9.17) is 23.2 Å². The number of aromatic nitrogens is 2. The van der Waals surface area contributed by atoms with E-state index >= 15 is 0 Å². The number of alkyl halides is 6. The number of carboxylic acids is 1. The summed E-state index contributed by atoms with van der Waals surface area (Å²) in [5.74, 6) is -6.69. The van der Waals surface area contributed by atoms with Crippen LogP contribution in [0.5, 0.6) is 0 Å². The molecule has 1 aliphatic carbocycles. The van der Waals surface area contributed by atoms with Crippen LogP contribution in [0.25, 0.3) is 0 Å². The van der Waals surface area contributed by atoms with Crippen molar-refractivity contribution in [3.05, 3.63) is 86.2 Å². The largest absolute Gasteiger partial charge is 0.481 e. The van der Waals surface area contributed by atoms with Gasteiger partial charge in [-0.2, -0.15) is 31.4 Å². The first-order chi connectivity index (χ1) is 20.9. The molecule has 3 aromatic rings. The fourth-order valence-corrected chi connectivity index (χ4v) is 5.89. The van der Waals surface area contributed by atoms with Crippen molar-refractivity contribution < 1.29 is 54.6 Å². The van der Waals surface area contributed by atoms with Crippen LogP contribution in [0, 0.1) is 17.6 Å². The van der Waals surface area contributed by atoms with E-state index in [-0.39, 0.29) is 31.2 Å². The van der Waals surface area contributed by atoms with Crippen molar-refractivity contribution in [3.8, 4) is 0 Å². The standard InChI is InChI=1S/C28H21Cl2F8N3O4/c29-20-7-15(27(33,34)35)8-21(30)23(20)22(42)12-40(11-13-5-16(31)9-17(32)6-13)25(43)19-10-39-41(24(19)28(36,37)38)18-3-1-14(2-4-18)26(44)45/h5-10,14,18H,1-4,11-12H2,(H,44,45)/t14-,18-. The third-order valence-electron chi connectivity index (χ3n) is 7.25. The number of hydrogen-bond acceptors (Lipinski definition) is 4. The molecule has 1 fully saturated rings. The lowest BCUT2D eigenvalue weighted by molar-refractivity contribution is -0.147. The van der Waals surface area contributed by atoms with E-state index in [9.17, 15) is 54.6 Å². The van der Waals surface area contributed by atoms with Gasteiger partial charge in [-0.15, -0.1) is 0 Å². The average molecular weight is 686 g/mol. The van der Waals surface area contributed by atoms with Gasteiger partial charge in [0.15, 0.2) is 11.5 Å². The van der Waals surface area contributed by atoms with E-state index in [1.54, 1.807) is 0 Å². The molecule has 1 saturated carbocycles. The summed E-state index contributed by atoms with van der Waals surface area (Å²) in [6.07, 6.45) is -9.33. The van der Waals surface area contributed by atoms with Gasteiger partial charge in [0.25, 0.3) is 5.91 Å². The summed E-state index contributed by atoms with van der Waals surface area (Å²) in [4.78, 5) is 38.7. The second-order valence-electron chi connectivity index (χ2n) is 10.4. The maximum atomic E-state index is 14.4. The molecule has 1 N–H and O–H groups in total. The predicted molar refractivity (Wildman–Crippen MR) is 143 cm³/mol. The Kier molecular flexibility index (Phi) is 9.83. The molecule has 0 unspecified atom stereocenters. The molecule has 2 aromatic carbocycles. The number of hydrogen-bond donors (Lipinski definition) is 1. The number of carboxylic acid groups (broad SMARTS) is 1. The van der Waals surface area contributed by atoms with E-state index in [0.29, 0.717) is 34.0 Å². The Balaban J connectivity index is 1.74. The molecule has 242 valence electrons. The number of aliphatic carboxylic acids is 1. The van der Waals surface area contributed by atoms with Crippen molar-refractivity contribution in [1.82, 2.24) is 14.7 Å². The molecule has 17 heteroatoms. The smallest absolute Gasteiger partial charge is 0.433 e. The van der Waals surface area contributed by atoms with Gasteiger partial charge in [-0.1, -0.05) is 23.2 Å². The third-order valence-corrected chi connectivity index (χ3v) is 7.85. The second kappa shape index (κ2) is 12.9. The van der Waals surface area contributed by atoms with Crippen molar-refractivity contribution >= 4 is 40.9 Å². The van der Waals surface area contributed by atoms with Gasteiger partial charge >= 0.3 is 18.3 Å². The molecule has 4 rings (SSSR count). The fourth-order valence-electron chi connectivity index (χ4n) is 5.19. The van der Waals surface area contributed by atoms with Gasteiger partial charge in [0.1, 0.15) is 11.6 Å². The van der Waals surface area contributed by atoms with Crippen LogP contribution in [0.4, 0.5) is 35.1 Å². The minimum Gasteiger partial charge on any atom is -0.481 e. The summed E-state index contributed by atoms with van der Waals surface area (Å²) in [5.41, 5.74) is -4.77. The summed E-state index contributed by atoms with van der Waals surface area (Å²) in [6, 6.07) is 1.91. The first kappa shape index (κ1) is 34.2. The highest BCUT2D eigenvalue weighted by molar-refractivity contribution is 6.40. The van der Waals surface area contributed by atoms with E-state index in [1.807, 2.05) is 0 Å². The number of Topliss-reactive ketones (excluding diaryl/α,β-unsaturated/α-hetero) is 1. The Morgan fingerprint density at radius 1 is 0.889 bits per heavy atom. The normalized spacial score (nSPS) is 17.3. The number of benzene rings is 2. The van der Waals surface area contributed by atoms with Gasteiger partial charge in [0.2, 0.25) is 0 Å². The van der Waals surface area contributed by atoms with Crippen LogP contribution in [0.1, 0.15) is 69.3 Å². The Hall–Kier alpha value is -3.72. The van der Waals surface area contributed by atoms with Gasteiger partial charge in [0, 0.05) is 12.6 Å². The SMILES string of the molecule is O=C(CN(Cc1cc(F)cc(F)c1)C(=O)c1cnn([C@H]2CC[C@H](C(=O)O)CC2)c1C(F)(F)F)c1c(Cl)cc(C(F)(F)F)cc1Cl. The molecule has 0 radical (unpaired) electrons. The average Bonchev–Trinajstić information content (AvgIpc) is 3.37. The molecule has 0 saturated heterocycles. The minimum absolute atomic E-state index is 0.00501. The number of carbonyl (C=O) groups is 3. The van der Waals surface area contributed by atoms with Crippen molar-refractivity contribution in [2.45, 2.75) is 50.6 Å². The van der Waals surface area contributed by atoms with Gasteiger partial charge < -0.3 is 10.0 Å². The molecule has 1 amide bonds. The van der Waals surface area contributed by atoms with Crippen molar-refractivity contribution in [1.29, 1.82) is 0 Å². The zero-order valence-electron chi connectivity index (χ0n) is 22.7. The van der Waals surface area contributed by atoms with Crippen molar-refractivity contribution in [2.24, 2.45) is 5.92 Å². The Bertz CT molecular complexity index is 1590. The topological polar surface area (TPSA) is 92.5 Å². The maximum Gasteiger partial charge on any atom is 0.433 e. The first-order valence-electron chi connectivity index (χ1n) is 13.1. The monoisotopic (exact) mass is 685 g/mol. The quantitative estimate of drug-likeness (QED) is 0.193. The van der Waals surface area contributed by atoms with Crippen LogP contribution >= 0.6 is 23.2 Å². The zero-order valence-corrected chi connectivity index (χ0v) is 24.2. The molecule has 45 heavy (non-hydrogen) atoms. The van der Waals surface area contributed by atoms with Gasteiger partial charge in [0.05, 0.1) is 51.4 Å². The van der Waals surface area contributed by atoms with Crippen LogP contribution in [0.3, 0.4) is 0 Å². The van der Waals surface area contributed by atoms with E-state index in [0.717, 1.165) is 12.1 Å². The fraction of sp³-hybridized carbons (Fsp3) is 0.357. The lowest BCUT2D eigenvalue weighted by Gasteiger charge is -2.28. The number of amides is 1. The summed E-state index contributed by atoms with van der Waals surface area (Å²) < 4.78 is 111. The molecule has 0 bridgehead atoms. The molecule has 1 aliphatic rings. The highest BCUT2D eigenvalue weighted by atomic mass is 35.5. The Morgan fingerprint density at radius 2 is 1.44 bits per heavy atom. The van der Waals surface area contributed by atoms with E-state index < -0.39 is 99.1 Å². The number of rotatable bonds is 8. The molecule has 0 aliphatic heterocycles. The summed E-state index contributed by atoms with van der Waals surface area (Å²) in [7, 11) is 0. The Morgan fingerprint density at radius 3 is 1.93 bits per heavy atom. The summed E-state index contributed by atoms with van der Waals surface area (Å²) in [5, 5.41) is 11.5. The third kappa shape index (κ3) is 7.75. The van der Waals surface area contributed by atoms with Crippen LogP contribution in [0.15, 0.2) is 36.5 Å². The predicted octanol–water partition coefficient (Wildman–Crippen LogP) is 7.85. The molecule has 0 atom stereocenters. The van der Waals surface area contributed by atoms with Crippen molar-refractivity contribution in [2.75, 3.05) is 6.54 Å². The highest BCUT2D eigenvalue weighted by Crippen LogP contribution is 2.40. The molecule has 1 aromatic heterocycles. The van der Waals surface area contributed by atoms with Crippen LogP contribution in [-0.4, -0.2) is 44.0 Å². The first-order valence-corrected chi connectivity index (χ1v) is 13.8. The number of ketones is 1. The van der Waals surface area contributed by atoms with Crippen LogP contribution in [0.2, 0.25) is 10.0 Å². The molecule has 1 heterocycles. The van der Waals surface area contributed by atoms with E-state index in [2.05, 4.69) is 5.10 Å². The lowest BCUT2D eigenvalue weighted by atomic mass is 9.86. The van der Waals surface area contributed by atoms with E-state index in [1.165, 1.54) is 0 Å². The summed E-state index contributed by atoms with van der Waals surface area (Å²) >= 11 is 11.8. The van der Waals surface area contributed by atoms with Gasteiger partial charge in [-0.05, 0) is 55.5 Å². The van der Waals surface area contributed by atoms with Crippen LogP contribution < -0.4 is 0 Å². The van der Waals surface area contributed by atoms with Crippen molar-refractivity contribution in [3.63, 3.8) is 0 Å². The number of halogens is 10. The Labute approximate surface area is 259 Å². The van der Waals surface area contributed by atoms with Gasteiger partial charge in [-0.3, -0.25) is 19.1 Å². The molecule has 0 spiro atoms. The minimum atomic E-state index is -5.17. The summed E-state index contributed by atoms with van der Waals surface area (Å²) in [6.45, 7) is -1.94. The maximum absolute atomic E-state index is 14.4. The lowest BCUT2D eigenvalue weighted by Crippen LogP contribution is -2.37. The van der Waals surface area contributed by atoms with Crippen LogP contribution in [-0.2, 0) is 23.7 Å². The molecule has 7 nitrogen and oxygen atoms in total. The van der Waals surface area contributed by atoms with Gasteiger partial charge in [-0.25, -0.2) is 8.78 Å². The highest BCUT2D eigenvalue weighted by Gasteiger charge is 2.43.